The zero-order valence-electron chi connectivity index (χ0n) is 20.6. The number of aromatic nitrogens is 7. The molecule has 0 atom stereocenters. The average molecular weight is 507 g/mol. The van der Waals surface area contributed by atoms with E-state index in [9.17, 15) is 13.6 Å². The van der Waals surface area contributed by atoms with Crippen molar-refractivity contribution in [3.63, 3.8) is 0 Å². The van der Waals surface area contributed by atoms with Crippen molar-refractivity contribution in [1.29, 1.82) is 0 Å². The van der Waals surface area contributed by atoms with E-state index in [1.54, 1.807) is 53.0 Å². The average Bonchev–Trinajstić information content (AvgIpc) is 3.61. The van der Waals surface area contributed by atoms with Gasteiger partial charge < -0.3 is 9.84 Å². The van der Waals surface area contributed by atoms with Crippen LogP contribution in [0.15, 0.2) is 53.6 Å². The van der Waals surface area contributed by atoms with Gasteiger partial charge in [0.25, 0.3) is 6.43 Å². The highest BCUT2D eigenvalue weighted by atomic mass is 19.3. The highest BCUT2D eigenvalue weighted by molar-refractivity contribution is 5.89. The first-order valence-corrected chi connectivity index (χ1v) is 11.5. The number of amides is 1. The van der Waals surface area contributed by atoms with Gasteiger partial charge in [0.2, 0.25) is 0 Å². The summed E-state index contributed by atoms with van der Waals surface area (Å²) in [6, 6.07) is 6.40. The molecule has 5 rings (SSSR count). The van der Waals surface area contributed by atoms with Crippen LogP contribution in [0.1, 0.15) is 54.8 Å². The standard InChI is InChI=1S/C25H24F2N8O2/c1-25(2,3)24-32-23(37-33-24)22(36)28-10-15-6-5-14(9-17(15)21(26)27)20-19-7-8-29-35(19)13-18(31-20)16-11-30-34(4)12-16/h5-9,11-13,21H,10H2,1-4H3,(H,28,36). The molecule has 0 saturated carbocycles. The third-order valence-electron chi connectivity index (χ3n) is 5.78. The Morgan fingerprint density at radius 2 is 1.92 bits per heavy atom. The molecule has 1 amide bonds. The largest absolute Gasteiger partial charge is 0.344 e. The molecule has 37 heavy (non-hydrogen) atoms. The second kappa shape index (κ2) is 9.19. The fourth-order valence-corrected chi connectivity index (χ4v) is 3.81. The molecule has 0 radical (unpaired) electrons. The molecule has 5 aromatic rings. The van der Waals surface area contributed by atoms with Crippen LogP contribution < -0.4 is 5.32 Å². The van der Waals surface area contributed by atoms with E-state index in [-0.39, 0.29) is 23.6 Å². The maximum atomic E-state index is 14.1. The smallest absolute Gasteiger partial charge is 0.315 e. The van der Waals surface area contributed by atoms with Gasteiger partial charge in [0.15, 0.2) is 5.82 Å². The van der Waals surface area contributed by atoms with Crippen LogP contribution in [0.5, 0.6) is 0 Å². The summed E-state index contributed by atoms with van der Waals surface area (Å²) in [6.45, 7) is 5.51. The maximum absolute atomic E-state index is 14.1. The first kappa shape index (κ1) is 24.2. The number of halogens is 2. The first-order chi connectivity index (χ1) is 17.6. The van der Waals surface area contributed by atoms with E-state index in [2.05, 4.69) is 25.7 Å². The lowest BCUT2D eigenvalue weighted by molar-refractivity contribution is 0.0905. The molecule has 1 aromatic carbocycles. The Bertz CT molecular complexity index is 1600. The van der Waals surface area contributed by atoms with Crippen LogP contribution in [-0.2, 0) is 19.0 Å². The number of nitrogens with zero attached hydrogens (tertiary/aromatic N) is 7. The third-order valence-corrected chi connectivity index (χ3v) is 5.78. The van der Waals surface area contributed by atoms with Crippen molar-refractivity contribution in [1.82, 2.24) is 39.8 Å². The molecule has 12 heteroatoms. The predicted octanol–water partition coefficient (Wildman–Crippen LogP) is 4.34. The number of fused-ring (bicyclic) bond motifs is 1. The van der Waals surface area contributed by atoms with E-state index in [4.69, 9.17) is 9.51 Å². The van der Waals surface area contributed by atoms with E-state index in [0.717, 1.165) is 5.56 Å². The summed E-state index contributed by atoms with van der Waals surface area (Å²) >= 11 is 0. The quantitative estimate of drug-likeness (QED) is 0.364. The number of aryl methyl sites for hydroxylation is 1. The molecule has 1 N–H and O–H groups in total. The van der Waals surface area contributed by atoms with Crippen LogP contribution in [0, 0.1) is 0 Å². The van der Waals surface area contributed by atoms with Crippen LogP contribution in [0.3, 0.4) is 0 Å². The lowest BCUT2D eigenvalue weighted by Crippen LogP contribution is -2.24. The van der Waals surface area contributed by atoms with Crippen molar-refractivity contribution in [3.05, 3.63) is 71.9 Å². The Labute approximate surface area is 210 Å². The van der Waals surface area contributed by atoms with Gasteiger partial charge in [0.05, 0.1) is 35.5 Å². The van der Waals surface area contributed by atoms with E-state index in [1.807, 2.05) is 27.0 Å². The van der Waals surface area contributed by atoms with E-state index < -0.39 is 17.7 Å². The van der Waals surface area contributed by atoms with Crippen LogP contribution in [0.2, 0.25) is 0 Å². The van der Waals surface area contributed by atoms with Crippen molar-refractivity contribution in [2.45, 2.75) is 39.2 Å². The Kier molecular flexibility index (Phi) is 6.02. The van der Waals surface area contributed by atoms with Gasteiger partial charge in [-0.2, -0.15) is 15.2 Å². The zero-order chi connectivity index (χ0) is 26.3. The molecule has 0 spiro atoms. The third kappa shape index (κ3) is 4.82. The van der Waals surface area contributed by atoms with Gasteiger partial charge in [-0.15, -0.1) is 0 Å². The molecule has 10 nitrogen and oxygen atoms in total. The molecular weight excluding hydrogens is 482 g/mol. The first-order valence-electron chi connectivity index (χ1n) is 11.5. The van der Waals surface area contributed by atoms with Crippen molar-refractivity contribution in [2.75, 3.05) is 0 Å². The predicted molar refractivity (Wildman–Crippen MR) is 130 cm³/mol. The van der Waals surface area contributed by atoms with Crippen molar-refractivity contribution < 1.29 is 18.1 Å². The molecule has 0 aliphatic carbocycles. The Morgan fingerprint density at radius 1 is 1.11 bits per heavy atom. The number of alkyl halides is 2. The molecule has 0 fully saturated rings. The molecule has 190 valence electrons. The van der Waals surface area contributed by atoms with E-state index in [0.29, 0.717) is 28.3 Å². The SMILES string of the molecule is Cn1cc(-c2cn3nccc3c(-c3ccc(CNC(=O)c4nc(C(C)(C)C)no4)c(C(F)F)c3)n2)cn1. The lowest BCUT2D eigenvalue weighted by atomic mass is 9.96. The maximum Gasteiger partial charge on any atom is 0.315 e. The summed E-state index contributed by atoms with van der Waals surface area (Å²) in [5, 5.41) is 14.9. The van der Waals surface area contributed by atoms with Gasteiger partial charge >= 0.3 is 11.8 Å². The highest BCUT2D eigenvalue weighted by Gasteiger charge is 2.24. The number of rotatable bonds is 6. The number of carbonyl (C=O) groups is 1. The minimum absolute atomic E-state index is 0.142. The van der Waals surface area contributed by atoms with Gasteiger partial charge in [-0.25, -0.2) is 18.3 Å². The minimum atomic E-state index is -2.77. The molecule has 0 unspecified atom stereocenters. The summed E-state index contributed by atoms with van der Waals surface area (Å²) in [5.41, 5.74) is 2.67. The van der Waals surface area contributed by atoms with Gasteiger partial charge in [-0.3, -0.25) is 9.48 Å². The fourth-order valence-electron chi connectivity index (χ4n) is 3.81. The van der Waals surface area contributed by atoms with Crippen LogP contribution in [0.4, 0.5) is 8.78 Å². The van der Waals surface area contributed by atoms with Gasteiger partial charge in [0.1, 0.15) is 0 Å². The molecule has 4 aromatic heterocycles. The second-order valence-corrected chi connectivity index (χ2v) is 9.61. The lowest BCUT2D eigenvalue weighted by Gasteiger charge is -2.13. The van der Waals surface area contributed by atoms with Crippen molar-refractivity contribution >= 4 is 11.4 Å². The Balaban J connectivity index is 1.45. The molecule has 0 bridgehead atoms. The van der Waals surface area contributed by atoms with Gasteiger partial charge in [-0.05, 0) is 17.7 Å². The summed E-state index contributed by atoms with van der Waals surface area (Å²) in [7, 11) is 1.80. The molecular formula is C25H24F2N8O2. The number of nitrogens with one attached hydrogen (secondary N) is 1. The number of hydrogen-bond donors (Lipinski definition) is 1. The second-order valence-electron chi connectivity index (χ2n) is 9.61. The number of carbonyl (C=O) groups excluding carboxylic acids is 1. The Morgan fingerprint density at radius 3 is 2.59 bits per heavy atom. The van der Waals surface area contributed by atoms with Crippen molar-refractivity contribution in [3.8, 4) is 22.5 Å². The molecule has 0 aliphatic heterocycles. The van der Waals surface area contributed by atoms with Crippen LogP contribution in [0.25, 0.3) is 28.0 Å². The summed E-state index contributed by atoms with van der Waals surface area (Å²) in [4.78, 5) is 21.3. The van der Waals surface area contributed by atoms with Crippen molar-refractivity contribution in [2.24, 2.45) is 7.05 Å². The fraction of sp³-hybridized carbons (Fsp3) is 0.280. The highest BCUT2D eigenvalue weighted by Crippen LogP contribution is 2.32. The van der Waals surface area contributed by atoms with E-state index in [1.165, 1.54) is 6.07 Å². The van der Waals surface area contributed by atoms with Gasteiger partial charge in [0, 0.05) is 41.9 Å². The molecule has 0 saturated heterocycles. The molecule has 4 heterocycles. The van der Waals surface area contributed by atoms with Crippen LogP contribution in [-0.4, -0.2) is 40.4 Å². The number of hydrogen-bond acceptors (Lipinski definition) is 7. The van der Waals surface area contributed by atoms with Gasteiger partial charge in [-0.1, -0.05) is 38.1 Å². The summed E-state index contributed by atoms with van der Waals surface area (Å²) in [6.07, 6.45) is 4.09. The monoisotopic (exact) mass is 506 g/mol. The van der Waals surface area contributed by atoms with E-state index >= 15 is 0 Å². The number of benzene rings is 1. The Hall–Kier alpha value is -4.48. The normalized spacial score (nSPS) is 12.0. The van der Waals surface area contributed by atoms with Crippen LogP contribution >= 0.6 is 0 Å². The summed E-state index contributed by atoms with van der Waals surface area (Å²) in [5.74, 6) is -0.485. The zero-order valence-corrected chi connectivity index (χ0v) is 20.6. The topological polar surface area (TPSA) is 116 Å². The summed E-state index contributed by atoms with van der Waals surface area (Å²) < 4.78 is 36.5. The minimum Gasteiger partial charge on any atom is -0.344 e. The molecule has 0 aliphatic rings.